The molecule has 0 amide bonds. The molecular weight excluding hydrogens is 645 g/mol. The predicted molar refractivity (Wildman–Crippen MR) is 216 cm³/mol. The minimum absolute atomic E-state index is 0.649. The van der Waals surface area contributed by atoms with E-state index in [0.717, 1.165) is 50.0 Å². The third-order valence-electron chi connectivity index (χ3n) is 11.6. The van der Waals surface area contributed by atoms with Crippen molar-refractivity contribution < 1.29 is 4.42 Å². The van der Waals surface area contributed by atoms with E-state index in [1.165, 1.54) is 55.6 Å². The van der Waals surface area contributed by atoms with E-state index in [1.54, 1.807) is 0 Å². The summed E-state index contributed by atoms with van der Waals surface area (Å²) in [4.78, 5) is 5.34. The van der Waals surface area contributed by atoms with Gasteiger partial charge in [-0.05, 0) is 104 Å². The second-order valence-electron chi connectivity index (χ2n) is 14.2. The highest BCUT2D eigenvalue weighted by molar-refractivity contribution is 6.09. The molecule has 0 radical (unpaired) electrons. The largest absolute Gasteiger partial charge is 0.456 e. The first kappa shape index (κ1) is 28.7. The molecule has 3 heteroatoms. The van der Waals surface area contributed by atoms with Crippen LogP contribution in [-0.2, 0) is 5.41 Å². The van der Waals surface area contributed by atoms with Gasteiger partial charge in [0.25, 0.3) is 0 Å². The number of para-hydroxylation sites is 4. The normalized spacial score (nSPS) is 15.2. The Balaban J connectivity index is 1.26. The van der Waals surface area contributed by atoms with Crippen LogP contribution in [0.2, 0.25) is 0 Å². The maximum absolute atomic E-state index is 6.66. The van der Waals surface area contributed by atoms with Crippen LogP contribution in [0.3, 0.4) is 0 Å². The molecule has 3 nitrogen and oxygen atoms in total. The fourth-order valence-electron chi connectivity index (χ4n) is 9.50. The van der Waals surface area contributed by atoms with E-state index in [4.69, 9.17) is 9.40 Å². The minimum Gasteiger partial charge on any atom is -0.456 e. The summed E-state index contributed by atoms with van der Waals surface area (Å²) in [6, 6.07) is 66.1. The van der Waals surface area contributed by atoms with Gasteiger partial charge in [0.1, 0.15) is 17.0 Å². The van der Waals surface area contributed by atoms with E-state index in [2.05, 4.69) is 187 Å². The number of hydrogen-bond donors (Lipinski definition) is 0. The molecule has 53 heavy (non-hydrogen) atoms. The lowest BCUT2D eigenvalue weighted by molar-refractivity contribution is 0.666. The number of imidazole rings is 1. The number of hydrogen-bond acceptors (Lipinski definition) is 2. The van der Waals surface area contributed by atoms with Gasteiger partial charge < -0.3 is 4.42 Å². The molecule has 0 bridgehead atoms. The zero-order valence-electron chi connectivity index (χ0n) is 28.6. The molecule has 8 aromatic carbocycles. The van der Waals surface area contributed by atoms with Gasteiger partial charge in [-0.25, -0.2) is 4.98 Å². The van der Waals surface area contributed by atoms with Gasteiger partial charge in [0.05, 0.1) is 16.4 Å². The third kappa shape index (κ3) is 3.75. The van der Waals surface area contributed by atoms with Gasteiger partial charge in [0, 0.05) is 22.0 Å². The van der Waals surface area contributed by atoms with Crippen molar-refractivity contribution in [2.75, 3.05) is 0 Å². The zero-order chi connectivity index (χ0) is 34.7. The Bertz CT molecular complexity index is 3130. The summed E-state index contributed by atoms with van der Waals surface area (Å²) in [5.41, 5.74) is 17.8. The quantitative estimate of drug-likeness (QED) is 0.183. The van der Waals surface area contributed by atoms with E-state index in [9.17, 15) is 0 Å². The van der Waals surface area contributed by atoms with E-state index >= 15 is 0 Å². The number of benzene rings is 8. The summed E-state index contributed by atoms with van der Waals surface area (Å²) < 4.78 is 8.96. The molecule has 1 unspecified atom stereocenters. The molecule has 2 aromatic heterocycles. The Morgan fingerprint density at radius 3 is 1.81 bits per heavy atom. The first-order valence-electron chi connectivity index (χ1n) is 18.2. The molecule has 12 rings (SSSR count). The highest BCUT2D eigenvalue weighted by atomic mass is 16.3. The summed E-state index contributed by atoms with van der Waals surface area (Å²) in [7, 11) is 0. The Hall–Kier alpha value is -6.97. The molecule has 0 saturated heterocycles. The average Bonchev–Trinajstić information content (AvgIpc) is 3.86. The number of nitrogens with zero attached hydrogens (tertiary/aromatic N) is 2. The lowest BCUT2D eigenvalue weighted by Crippen LogP contribution is -2.29. The predicted octanol–water partition coefficient (Wildman–Crippen LogP) is 12.6. The maximum Gasteiger partial charge on any atom is 0.145 e. The summed E-state index contributed by atoms with van der Waals surface area (Å²) >= 11 is 0. The average molecular weight is 675 g/mol. The Kier molecular flexibility index (Phi) is 5.70. The van der Waals surface area contributed by atoms with Gasteiger partial charge in [0.2, 0.25) is 0 Å². The molecule has 0 fully saturated rings. The summed E-state index contributed by atoms with van der Waals surface area (Å²) in [5, 5.41) is 2.28. The van der Waals surface area contributed by atoms with E-state index < -0.39 is 5.41 Å². The first-order chi connectivity index (χ1) is 26.3. The topological polar surface area (TPSA) is 31.0 Å². The van der Waals surface area contributed by atoms with Crippen LogP contribution in [0.1, 0.15) is 22.3 Å². The summed E-state index contributed by atoms with van der Waals surface area (Å²) in [6.07, 6.45) is 0. The summed E-state index contributed by atoms with van der Waals surface area (Å²) in [6.45, 7) is 0. The highest BCUT2D eigenvalue weighted by Gasteiger charge is 2.50. The monoisotopic (exact) mass is 674 g/mol. The van der Waals surface area contributed by atoms with Gasteiger partial charge in [-0.1, -0.05) is 133 Å². The molecule has 0 saturated carbocycles. The van der Waals surface area contributed by atoms with Crippen LogP contribution in [0.15, 0.2) is 186 Å². The first-order valence-corrected chi connectivity index (χ1v) is 18.2. The second-order valence-corrected chi connectivity index (χ2v) is 14.2. The Morgan fingerprint density at radius 1 is 0.415 bits per heavy atom. The van der Waals surface area contributed by atoms with Crippen LogP contribution in [0.25, 0.3) is 83.4 Å². The van der Waals surface area contributed by atoms with Crippen LogP contribution in [-0.4, -0.2) is 9.55 Å². The molecule has 2 heterocycles. The van der Waals surface area contributed by atoms with Crippen molar-refractivity contribution in [1.82, 2.24) is 9.55 Å². The second kappa shape index (κ2) is 10.5. The van der Waals surface area contributed by atoms with Crippen molar-refractivity contribution in [3.8, 4) is 50.5 Å². The zero-order valence-corrected chi connectivity index (χ0v) is 28.6. The number of furan rings is 1. The molecule has 0 N–H and O–H groups in total. The Morgan fingerprint density at radius 2 is 1.02 bits per heavy atom. The molecule has 1 atom stereocenters. The fraction of sp³-hybridized carbons (Fsp3) is 0.0200. The van der Waals surface area contributed by atoms with Gasteiger partial charge in [-0.2, -0.15) is 0 Å². The van der Waals surface area contributed by atoms with Crippen molar-refractivity contribution in [3.05, 3.63) is 204 Å². The highest BCUT2D eigenvalue weighted by Crippen LogP contribution is 2.62. The van der Waals surface area contributed by atoms with Crippen LogP contribution in [0, 0.1) is 0 Å². The van der Waals surface area contributed by atoms with E-state index in [0.29, 0.717) is 0 Å². The van der Waals surface area contributed by atoms with Gasteiger partial charge in [0.15, 0.2) is 0 Å². The SMILES string of the molecule is c1ccc(-n2c(-c3ccc4c(c3)C3(c5ccccc5-c5ccccc5-4)c4ccccc4-c4cc5c(cc43)oc3ccccc35)nc3ccccc32)cc1. The van der Waals surface area contributed by atoms with Crippen LogP contribution >= 0.6 is 0 Å². The van der Waals surface area contributed by atoms with Gasteiger partial charge in [-0.3, -0.25) is 4.57 Å². The van der Waals surface area contributed by atoms with Crippen molar-refractivity contribution in [2.24, 2.45) is 0 Å². The Labute approximate surface area is 306 Å². The van der Waals surface area contributed by atoms with Gasteiger partial charge >= 0.3 is 0 Å². The van der Waals surface area contributed by atoms with Gasteiger partial charge in [-0.15, -0.1) is 0 Å². The molecular formula is C50H30N2O. The van der Waals surface area contributed by atoms with Crippen LogP contribution < -0.4 is 0 Å². The third-order valence-corrected chi connectivity index (χ3v) is 11.6. The molecule has 1 spiro atoms. The number of aromatic nitrogens is 2. The summed E-state index contributed by atoms with van der Waals surface area (Å²) in [5.74, 6) is 0.917. The molecule has 10 aromatic rings. The van der Waals surface area contributed by atoms with Crippen molar-refractivity contribution in [3.63, 3.8) is 0 Å². The van der Waals surface area contributed by atoms with Crippen molar-refractivity contribution in [2.45, 2.75) is 5.41 Å². The van der Waals surface area contributed by atoms with Crippen molar-refractivity contribution >= 4 is 33.0 Å². The lowest BCUT2D eigenvalue weighted by atomic mass is 9.65. The van der Waals surface area contributed by atoms with Crippen LogP contribution in [0.4, 0.5) is 0 Å². The fourth-order valence-corrected chi connectivity index (χ4v) is 9.50. The standard InChI is InChI=1S/C50H30N2O/c1-2-14-32(15-3-1)52-46-24-12-11-23-45(46)51-49(52)31-26-27-37-34-17-5-4-16-33(34)35-18-6-9-21-41(35)50(43(37)28-31)42-22-10-7-19-36(42)39-29-40-38-20-8-13-25-47(38)53-48(40)30-44(39)50/h1-30H. The minimum atomic E-state index is -0.649. The van der Waals surface area contributed by atoms with Crippen LogP contribution in [0.5, 0.6) is 0 Å². The lowest BCUT2D eigenvalue weighted by Gasteiger charge is -2.35. The van der Waals surface area contributed by atoms with Crippen molar-refractivity contribution in [1.29, 1.82) is 0 Å². The van der Waals surface area contributed by atoms with E-state index in [-0.39, 0.29) is 0 Å². The van der Waals surface area contributed by atoms with E-state index in [1.807, 2.05) is 0 Å². The molecule has 2 aliphatic carbocycles. The molecule has 2 aliphatic rings. The number of rotatable bonds is 2. The smallest absolute Gasteiger partial charge is 0.145 e. The molecule has 246 valence electrons. The maximum atomic E-state index is 6.66. The molecule has 0 aliphatic heterocycles. The number of fused-ring (bicyclic) bond motifs is 16.